The van der Waals surface area contributed by atoms with Crippen molar-refractivity contribution in [3.63, 3.8) is 0 Å². The summed E-state index contributed by atoms with van der Waals surface area (Å²) in [5.74, 6) is 0. The number of carbonyl (C=O) groups is 1. The van der Waals surface area contributed by atoms with Gasteiger partial charge in [-0.3, -0.25) is 0 Å². The Balaban J connectivity index is 0.00000361. The fourth-order valence-electron chi connectivity index (χ4n) is 1.44. The van der Waals surface area contributed by atoms with Gasteiger partial charge in [0, 0.05) is 12.6 Å². The van der Waals surface area contributed by atoms with Crippen molar-refractivity contribution in [2.24, 2.45) is 5.73 Å². The summed E-state index contributed by atoms with van der Waals surface area (Å²) < 4.78 is 42.2. The van der Waals surface area contributed by atoms with E-state index in [0.29, 0.717) is 5.56 Å². The number of alkyl carbamates (subject to hydrolysis) is 1. The molecule has 1 aromatic carbocycles. The van der Waals surface area contributed by atoms with Gasteiger partial charge in [-0.15, -0.1) is 12.4 Å². The highest BCUT2D eigenvalue weighted by Gasteiger charge is 2.30. The highest BCUT2D eigenvalue weighted by atomic mass is 35.5. The lowest BCUT2D eigenvalue weighted by Gasteiger charge is -2.15. The Labute approximate surface area is 120 Å². The van der Waals surface area contributed by atoms with Crippen LogP contribution in [0.1, 0.15) is 24.1 Å². The molecule has 0 saturated heterocycles. The third-order valence-corrected chi connectivity index (χ3v) is 2.38. The number of rotatable bonds is 4. The average molecular weight is 313 g/mol. The quantitative estimate of drug-likeness (QED) is 0.898. The smallest absolute Gasteiger partial charge is 0.416 e. The van der Waals surface area contributed by atoms with Gasteiger partial charge in [-0.25, -0.2) is 4.79 Å². The predicted molar refractivity (Wildman–Crippen MR) is 70.6 cm³/mol. The van der Waals surface area contributed by atoms with Crippen LogP contribution in [0.15, 0.2) is 24.3 Å². The first-order chi connectivity index (χ1) is 8.84. The molecule has 0 aliphatic rings. The van der Waals surface area contributed by atoms with E-state index in [4.69, 9.17) is 5.73 Å². The molecule has 1 aromatic rings. The van der Waals surface area contributed by atoms with Gasteiger partial charge in [0.1, 0.15) is 0 Å². The van der Waals surface area contributed by atoms with Crippen molar-refractivity contribution in [1.82, 2.24) is 5.32 Å². The summed E-state index contributed by atoms with van der Waals surface area (Å²) in [6, 6.07) is 3.97. The number of halogens is 4. The molecule has 4 nitrogen and oxygen atoms in total. The molecule has 3 N–H and O–H groups in total. The molecule has 0 aliphatic carbocycles. The van der Waals surface area contributed by atoms with Crippen molar-refractivity contribution in [3.8, 4) is 0 Å². The first-order valence-corrected chi connectivity index (χ1v) is 5.68. The SMILES string of the molecule is CCOC(=O)NCC(N)c1cccc(C(F)(F)F)c1.Cl. The maximum Gasteiger partial charge on any atom is 0.416 e. The minimum Gasteiger partial charge on any atom is -0.450 e. The van der Waals surface area contributed by atoms with Gasteiger partial charge >= 0.3 is 12.3 Å². The fourth-order valence-corrected chi connectivity index (χ4v) is 1.44. The molecular weight excluding hydrogens is 297 g/mol. The zero-order chi connectivity index (χ0) is 14.5. The molecule has 0 aromatic heterocycles. The van der Waals surface area contributed by atoms with E-state index in [-0.39, 0.29) is 25.6 Å². The average Bonchev–Trinajstić information content (AvgIpc) is 2.35. The number of hydrogen-bond acceptors (Lipinski definition) is 3. The molecule has 0 aliphatic heterocycles. The molecule has 1 rings (SSSR count). The Morgan fingerprint density at radius 3 is 2.65 bits per heavy atom. The van der Waals surface area contributed by atoms with Crippen LogP contribution in [0.3, 0.4) is 0 Å². The summed E-state index contributed by atoms with van der Waals surface area (Å²) in [5.41, 5.74) is 5.24. The van der Waals surface area contributed by atoms with Crippen LogP contribution in [0.4, 0.5) is 18.0 Å². The lowest BCUT2D eigenvalue weighted by atomic mass is 10.0. The lowest BCUT2D eigenvalue weighted by Crippen LogP contribution is -2.32. The fraction of sp³-hybridized carbons (Fsp3) is 0.417. The summed E-state index contributed by atoms with van der Waals surface area (Å²) >= 11 is 0. The van der Waals surface area contributed by atoms with Crippen LogP contribution in [-0.4, -0.2) is 19.2 Å². The number of nitrogens with one attached hydrogen (secondary N) is 1. The van der Waals surface area contributed by atoms with Gasteiger partial charge in [-0.1, -0.05) is 12.1 Å². The minimum atomic E-state index is -4.41. The molecule has 8 heteroatoms. The van der Waals surface area contributed by atoms with Crippen molar-refractivity contribution in [2.75, 3.05) is 13.2 Å². The molecule has 1 amide bonds. The van der Waals surface area contributed by atoms with Crippen LogP contribution >= 0.6 is 12.4 Å². The Bertz CT molecular complexity index is 441. The Kier molecular flexibility index (Phi) is 7.38. The van der Waals surface area contributed by atoms with Crippen LogP contribution in [0, 0.1) is 0 Å². The van der Waals surface area contributed by atoms with Gasteiger partial charge in [0.05, 0.1) is 12.2 Å². The highest BCUT2D eigenvalue weighted by Crippen LogP contribution is 2.30. The van der Waals surface area contributed by atoms with Crippen LogP contribution in [-0.2, 0) is 10.9 Å². The van der Waals surface area contributed by atoms with E-state index in [1.54, 1.807) is 6.92 Å². The summed E-state index contributed by atoms with van der Waals surface area (Å²) in [6.45, 7) is 1.86. The number of benzene rings is 1. The summed E-state index contributed by atoms with van der Waals surface area (Å²) in [6.07, 6.45) is -5.06. The van der Waals surface area contributed by atoms with E-state index in [1.165, 1.54) is 12.1 Å². The first kappa shape index (κ1) is 18.5. The van der Waals surface area contributed by atoms with Crippen LogP contribution in [0.2, 0.25) is 0 Å². The number of alkyl halides is 3. The van der Waals surface area contributed by atoms with Gasteiger partial charge in [-0.2, -0.15) is 13.2 Å². The van der Waals surface area contributed by atoms with Gasteiger partial charge < -0.3 is 15.8 Å². The second-order valence-electron chi connectivity index (χ2n) is 3.83. The third kappa shape index (κ3) is 5.66. The third-order valence-electron chi connectivity index (χ3n) is 2.38. The van der Waals surface area contributed by atoms with E-state index in [0.717, 1.165) is 12.1 Å². The zero-order valence-electron chi connectivity index (χ0n) is 10.7. The van der Waals surface area contributed by atoms with Crippen molar-refractivity contribution < 1.29 is 22.7 Å². The van der Waals surface area contributed by atoms with E-state index < -0.39 is 23.9 Å². The first-order valence-electron chi connectivity index (χ1n) is 5.68. The van der Waals surface area contributed by atoms with Crippen molar-refractivity contribution in [2.45, 2.75) is 19.1 Å². The molecule has 114 valence electrons. The van der Waals surface area contributed by atoms with E-state index in [9.17, 15) is 18.0 Å². The molecule has 0 fully saturated rings. The van der Waals surface area contributed by atoms with Crippen molar-refractivity contribution >= 4 is 18.5 Å². The number of carbonyl (C=O) groups excluding carboxylic acids is 1. The van der Waals surface area contributed by atoms with Crippen LogP contribution in [0.25, 0.3) is 0 Å². The van der Waals surface area contributed by atoms with Crippen molar-refractivity contribution in [3.05, 3.63) is 35.4 Å². The molecule has 0 heterocycles. The Morgan fingerprint density at radius 2 is 2.10 bits per heavy atom. The van der Waals surface area contributed by atoms with Gasteiger partial charge in [-0.05, 0) is 24.6 Å². The molecule has 0 bridgehead atoms. The van der Waals surface area contributed by atoms with Crippen LogP contribution in [0.5, 0.6) is 0 Å². The normalized spacial score (nSPS) is 12.2. The topological polar surface area (TPSA) is 64.3 Å². The largest absolute Gasteiger partial charge is 0.450 e. The maximum atomic E-state index is 12.5. The molecule has 20 heavy (non-hydrogen) atoms. The highest BCUT2D eigenvalue weighted by molar-refractivity contribution is 5.85. The lowest BCUT2D eigenvalue weighted by molar-refractivity contribution is -0.137. The van der Waals surface area contributed by atoms with E-state index >= 15 is 0 Å². The van der Waals surface area contributed by atoms with Crippen LogP contribution < -0.4 is 11.1 Å². The van der Waals surface area contributed by atoms with Gasteiger partial charge in [0.15, 0.2) is 0 Å². The monoisotopic (exact) mass is 312 g/mol. The van der Waals surface area contributed by atoms with E-state index in [1.807, 2.05) is 0 Å². The predicted octanol–water partition coefficient (Wildman–Crippen LogP) is 2.87. The Hall–Kier alpha value is -1.47. The number of amides is 1. The maximum absolute atomic E-state index is 12.5. The molecule has 1 unspecified atom stereocenters. The Morgan fingerprint density at radius 1 is 1.45 bits per heavy atom. The number of ether oxygens (including phenoxy) is 1. The molecule has 0 spiro atoms. The molecule has 1 atom stereocenters. The molecule has 0 saturated carbocycles. The minimum absolute atomic E-state index is 0. The number of nitrogens with two attached hydrogens (primary N) is 1. The van der Waals surface area contributed by atoms with E-state index in [2.05, 4.69) is 10.1 Å². The van der Waals surface area contributed by atoms with Crippen molar-refractivity contribution in [1.29, 1.82) is 0 Å². The summed E-state index contributed by atoms with van der Waals surface area (Å²) in [4.78, 5) is 11.0. The second-order valence-corrected chi connectivity index (χ2v) is 3.83. The van der Waals surface area contributed by atoms with Gasteiger partial charge in [0.25, 0.3) is 0 Å². The second kappa shape index (κ2) is 7.96. The molecule has 0 radical (unpaired) electrons. The molecular formula is C12H16ClF3N2O2. The van der Waals surface area contributed by atoms with Gasteiger partial charge in [0.2, 0.25) is 0 Å². The summed E-state index contributed by atoms with van der Waals surface area (Å²) in [5, 5.41) is 2.37. The standard InChI is InChI=1S/C12H15F3N2O2.ClH/c1-2-19-11(18)17-7-10(16)8-4-3-5-9(6-8)12(13,14)15;/h3-6,10H,2,7,16H2,1H3,(H,17,18);1H. The summed E-state index contributed by atoms with van der Waals surface area (Å²) in [7, 11) is 0. The zero-order valence-corrected chi connectivity index (χ0v) is 11.6. The number of hydrogen-bond donors (Lipinski definition) is 2.